The molecule has 0 aromatic heterocycles. The molecule has 1 amide bonds. The summed E-state index contributed by atoms with van der Waals surface area (Å²) in [5.41, 5.74) is 1.37. The highest BCUT2D eigenvalue weighted by atomic mass is 32.1. The van der Waals surface area contributed by atoms with Crippen molar-refractivity contribution >= 4 is 18.5 Å². The zero-order valence-electron chi connectivity index (χ0n) is 8.05. The maximum Gasteiger partial charge on any atom is 0.232 e. The van der Waals surface area contributed by atoms with Crippen LogP contribution in [0.1, 0.15) is 32.6 Å². The molecule has 0 heterocycles. The predicted molar refractivity (Wildman–Crippen MR) is 58.0 cm³/mol. The van der Waals surface area contributed by atoms with Crippen molar-refractivity contribution < 1.29 is 4.79 Å². The second kappa shape index (κ2) is 5.32. The fourth-order valence-electron chi connectivity index (χ4n) is 1.41. The highest BCUT2D eigenvalue weighted by Crippen LogP contribution is 2.16. The Balaban J connectivity index is 2.25. The highest BCUT2D eigenvalue weighted by Gasteiger charge is 2.08. The molecule has 13 heavy (non-hydrogen) atoms. The summed E-state index contributed by atoms with van der Waals surface area (Å²) in [6, 6.07) is 0. The summed E-state index contributed by atoms with van der Waals surface area (Å²) in [5, 5.41) is 2.66. The molecule has 3 heteroatoms. The number of thiol groups is 1. The first-order valence-corrected chi connectivity index (χ1v) is 5.35. The van der Waals surface area contributed by atoms with Crippen LogP contribution >= 0.6 is 12.6 Å². The second-order valence-corrected chi connectivity index (χ2v) is 4.28. The molecule has 0 spiro atoms. The van der Waals surface area contributed by atoms with Gasteiger partial charge in [0, 0.05) is 6.54 Å². The highest BCUT2D eigenvalue weighted by molar-refractivity contribution is 7.81. The van der Waals surface area contributed by atoms with Gasteiger partial charge >= 0.3 is 0 Å². The molecule has 0 aliphatic heterocycles. The summed E-state index contributed by atoms with van der Waals surface area (Å²) in [5.74, 6) is 0.0230. The van der Waals surface area contributed by atoms with E-state index >= 15 is 0 Å². The summed E-state index contributed by atoms with van der Waals surface area (Å²) in [7, 11) is 0. The van der Waals surface area contributed by atoms with Crippen LogP contribution in [0, 0.1) is 0 Å². The van der Waals surface area contributed by atoms with E-state index in [0.29, 0.717) is 6.54 Å². The average molecular weight is 199 g/mol. The van der Waals surface area contributed by atoms with Gasteiger partial charge in [-0.25, -0.2) is 0 Å². The van der Waals surface area contributed by atoms with Gasteiger partial charge in [0.15, 0.2) is 0 Å². The van der Waals surface area contributed by atoms with E-state index in [1.807, 2.05) is 0 Å². The van der Waals surface area contributed by atoms with E-state index in [1.165, 1.54) is 24.8 Å². The zero-order valence-corrected chi connectivity index (χ0v) is 8.94. The van der Waals surface area contributed by atoms with Gasteiger partial charge in [-0.15, -0.1) is 0 Å². The Bertz CT molecular complexity index is 211. The van der Waals surface area contributed by atoms with Gasteiger partial charge in [-0.05, 0) is 32.6 Å². The van der Waals surface area contributed by atoms with Crippen molar-refractivity contribution in [1.29, 1.82) is 0 Å². The van der Waals surface area contributed by atoms with Crippen LogP contribution in [0.3, 0.4) is 0 Å². The van der Waals surface area contributed by atoms with Crippen molar-refractivity contribution in [2.45, 2.75) is 37.9 Å². The van der Waals surface area contributed by atoms with Gasteiger partial charge in [-0.1, -0.05) is 11.6 Å². The van der Waals surface area contributed by atoms with E-state index in [2.05, 4.69) is 24.0 Å². The Morgan fingerprint density at radius 2 is 2.46 bits per heavy atom. The molecule has 0 fully saturated rings. The molecular formula is C10H17NOS. The number of amides is 1. The summed E-state index contributed by atoms with van der Waals surface area (Å²) >= 11 is 4.06. The van der Waals surface area contributed by atoms with E-state index < -0.39 is 0 Å². The number of rotatable bonds is 3. The van der Waals surface area contributed by atoms with Gasteiger partial charge < -0.3 is 5.32 Å². The van der Waals surface area contributed by atoms with Crippen LogP contribution in [0.25, 0.3) is 0 Å². The molecule has 0 saturated carbocycles. The topological polar surface area (TPSA) is 29.1 Å². The average Bonchev–Trinajstić information content (AvgIpc) is 2.15. The fourth-order valence-corrected chi connectivity index (χ4v) is 1.50. The first-order valence-electron chi connectivity index (χ1n) is 4.84. The minimum Gasteiger partial charge on any atom is -0.351 e. The number of allylic oxidation sites excluding steroid dienone is 1. The summed E-state index contributed by atoms with van der Waals surface area (Å²) in [6.07, 6.45) is 7.11. The lowest BCUT2D eigenvalue weighted by molar-refractivity contribution is -0.120. The maximum absolute atomic E-state index is 11.2. The first-order chi connectivity index (χ1) is 6.20. The van der Waals surface area contributed by atoms with Gasteiger partial charge in [-0.2, -0.15) is 12.6 Å². The Labute approximate surface area is 85.2 Å². The Hall–Kier alpha value is -0.440. The van der Waals surface area contributed by atoms with E-state index in [-0.39, 0.29) is 11.2 Å². The number of nitrogens with one attached hydrogen (secondary N) is 1. The van der Waals surface area contributed by atoms with Gasteiger partial charge in [0.1, 0.15) is 0 Å². The van der Waals surface area contributed by atoms with Crippen LogP contribution in [0.5, 0.6) is 0 Å². The molecule has 0 radical (unpaired) electrons. The van der Waals surface area contributed by atoms with Crippen LogP contribution in [0.4, 0.5) is 0 Å². The maximum atomic E-state index is 11.2. The predicted octanol–water partition coefficient (Wildman–Crippen LogP) is 1.92. The molecule has 1 aliphatic carbocycles. The van der Waals surface area contributed by atoms with E-state index in [9.17, 15) is 4.79 Å². The first kappa shape index (κ1) is 10.6. The molecule has 74 valence electrons. The Kier molecular flexibility index (Phi) is 4.36. The van der Waals surface area contributed by atoms with Crippen molar-refractivity contribution in [1.82, 2.24) is 5.32 Å². The van der Waals surface area contributed by atoms with Crippen LogP contribution in [-0.2, 0) is 4.79 Å². The minimum atomic E-state index is -0.204. The molecule has 0 bridgehead atoms. The number of hydrogen-bond donors (Lipinski definition) is 2. The molecule has 0 aromatic carbocycles. The lowest BCUT2D eigenvalue weighted by Gasteiger charge is -2.14. The number of carbonyl (C=O) groups excluding carboxylic acids is 1. The van der Waals surface area contributed by atoms with Gasteiger partial charge in [0.25, 0.3) is 0 Å². The van der Waals surface area contributed by atoms with Crippen LogP contribution in [0.2, 0.25) is 0 Å². The summed E-state index contributed by atoms with van der Waals surface area (Å²) in [4.78, 5) is 11.2. The quantitative estimate of drug-likeness (QED) is 0.528. The molecule has 1 N–H and O–H groups in total. The molecule has 2 nitrogen and oxygen atoms in total. The molecule has 1 aliphatic rings. The number of carbonyl (C=O) groups is 1. The Morgan fingerprint density at radius 1 is 1.69 bits per heavy atom. The minimum absolute atomic E-state index is 0.0230. The smallest absolute Gasteiger partial charge is 0.232 e. The van der Waals surface area contributed by atoms with Crippen molar-refractivity contribution in [3.8, 4) is 0 Å². The molecule has 0 saturated heterocycles. The molecular weight excluding hydrogens is 182 g/mol. The van der Waals surface area contributed by atoms with Crippen molar-refractivity contribution in [3.05, 3.63) is 11.6 Å². The molecule has 0 aromatic rings. The second-order valence-electron chi connectivity index (χ2n) is 3.50. The molecule has 1 rings (SSSR count). The lowest BCUT2D eigenvalue weighted by atomic mass is 10.00. The normalized spacial score (nSPS) is 19.1. The third-order valence-corrected chi connectivity index (χ3v) is 2.49. The fraction of sp³-hybridized carbons (Fsp3) is 0.700. The monoisotopic (exact) mass is 199 g/mol. The molecule has 1 unspecified atom stereocenters. The van der Waals surface area contributed by atoms with Crippen LogP contribution < -0.4 is 5.32 Å². The number of hydrogen-bond acceptors (Lipinski definition) is 2. The van der Waals surface area contributed by atoms with E-state index in [0.717, 1.165) is 6.42 Å². The van der Waals surface area contributed by atoms with Gasteiger partial charge in [0.05, 0.1) is 5.25 Å². The van der Waals surface area contributed by atoms with Crippen molar-refractivity contribution in [2.75, 3.05) is 6.54 Å². The van der Waals surface area contributed by atoms with Gasteiger partial charge in [0.2, 0.25) is 5.91 Å². The van der Waals surface area contributed by atoms with Gasteiger partial charge in [-0.3, -0.25) is 4.79 Å². The van der Waals surface area contributed by atoms with Crippen LogP contribution in [-0.4, -0.2) is 17.7 Å². The lowest BCUT2D eigenvalue weighted by Crippen LogP contribution is -2.31. The summed E-state index contributed by atoms with van der Waals surface area (Å²) in [6.45, 7) is 2.50. The van der Waals surface area contributed by atoms with Crippen molar-refractivity contribution in [2.24, 2.45) is 0 Å². The molecule has 1 atom stereocenters. The third-order valence-electron chi connectivity index (χ3n) is 2.25. The van der Waals surface area contributed by atoms with E-state index in [1.54, 1.807) is 6.92 Å². The van der Waals surface area contributed by atoms with Crippen LogP contribution in [0.15, 0.2) is 11.6 Å². The largest absolute Gasteiger partial charge is 0.351 e. The zero-order chi connectivity index (χ0) is 9.68. The standard InChI is InChI=1S/C10H17NOS/c1-8(13)10(12)11-7-9-5-3-2-4-6-9/h5,8,13H,2-4,6-7H2,1H3,(H,11,12). The van der Waals surface area contributed by atoms with E-state index in [4.69, 9.17) is 0 Å². The van der Waals surface area contributed by atoms with Crippen molar-refractivity contribution in [3.63, 3.8) is 0 Å². The third kappa shape index (κ3) is 3.85. The summed E-state index contributed by atoms with van der Waals surface area (Å²) < 4.78 is 0. The Morgan fingerprint density at radius 3 is 3.00 bits per heavy atom. The SMILES string of the molecule is CC(S)C(=O)NCC1=CCCCC1.